The first-order valence-electron chi connectivity index (χ1n) is 3.80. The van der Waals surface area contributed by atoms with Gasteiger partial charge < -0.3 is 5.73 Å². The molecule has 0 amide bonds. The van der Waals surface area contributed by atoms with E-state index in [9.17, 15) is 0 Å². The number of anilines is 1. The summed E-state index contributed by atoms with van der Waals surface area (Å²) in [6, 6.07) is 5.11. The summed E-state index contributed by atoms with van der Waals surface area (Å²) in [6.45, 7) is 0. The third kappa shape index (κ3) is 1.66. The zero-order chi connectivity index (χ0) is 10.1. The predicted molar refractivity (Wildman–Crippen MR) is 55.8 cm³/mol. The number of rotatable bonds is 1. The molecule has 0 atom stereocenters. The van der Waals surface area contributed by atoms with Gasteiger partial charge in [0.2, 0.25) is 0 Å². The Hall–Kier alpha value is -1.26. The maximum Gasteiger partial charge on any atom is 0.166 e. The van der Waals surface area contributed by atoms with E-state index in [4.69, 9.17) is 28.9 Å². The molecule has 0 radical (unpaired) electrons. The normalized spacial score (nSPS) is 10.4. The summed E-state index contributed by atoms with van der Waals surface area (Å²) >= 11 is 11.7. The SMILES string of the molecule is Nc1cn(-c2ccc(Cl)cc2Cl)nn1. The molecule has 0 saturated heterocycles. The van der Waals surface area contributed by atoms with Crippen molar-refractivity contribution >= 4 is 29.0 Å². The van der Waals surface area contributed by atoms with Gasteiger partial charge in [0, 0.05) is 5.02 Å². The largest absolute Gasteiger partial charge is 0.381 e. The number of halogens is 2. The lowest BCUT2D eigenvalue weighted by Crippen LogP contribution is -1.95. The van der Waals surface area contributed by atoms with Crippen molar-refractivity contribution in [1.29, 1.82) is 0 Å². The number of nitrogens with two attached hydrogens (primary N) is 1. The lowest BCUT2D eigenvalue weighted by molar-refractivity contribution is 0.804. The summed E-state index contributed by atoms with van der Waals surface area (Å²) in [6.07, 6.45) is 1.58. The van der Waals surface area contributed by atoms with Gasteiger partial charge in [-0.2, -0.15) is 0 Å². The second-order valence-electron chi connectivity index (χ2n) is 2.68. The van der Waals surface area contributed by atoms with Gasteiger partial charge in [0.25, 0.3) is 0 Å². The molecule has 14 heavy (non-hydrogen) atoms. The Bertz CT molecular complexity index is 466. The summed E-state index contributed by atoms with van der Waals surface area (Å²) in [5, 5.41) is 8.52. The molecule has 0 aliphatic carbocycles. The molecule has 6 heteroatoms. The second kappa shape index (κ2) is 3.48. The minimum Gasteiger partial charge on any atom is -0.381 e. The van der Waals surface area contributed by atoms with E-state index in [2.05, 4.69) is 10.3 Å². The lowest BCUT2D eigenvalue weighted by Gasteiger charge is -2.02. The van der Waals surface area contributed by atoms with Gasteiger partial charge in [-0.05, 0) is 18.2 Å². The molecule has 0 saturated carbocycles. The van der Waals surface area contributed by atoms with Crippen LogP contribution in [0.2, 0.25) is 10.0 Å². The van der Waals surface area contributed by atoms with E-state index < -0.39 is 0 Å². The average molecular weight is 229 g/mol. The smallest absolute Gasteiger partial charge is 0.166 e. The first-order valence-corrected chi connectivity index (χ1v) is 4.55. The standard InChI is InChI=1S/C8H6Cl2N4/c9-5-1-2-7(6(10)3-5)14-4-8(11)12-13-14/h1-4H,11H2. The molecule has 0 fully saturated rings. The van der Waals surface area contributed by atoms with Crippen molar-refractivity contribution in [3.05, 3.63) is 34.4 Å². The van der Waals surface area contributed by atoms with E-state index in [-0.39, 0.29) is 0 Å². The summed E-state index contributed by atoms with van der Waals surface area (Å²) < 4.78 is 1.49. The number of aromatic nitrogens is 3. The first kappa shape index (κ1) is 9.30. The molecule has 1 aromatic carbocycles. The van der Waals surface area contributed by atoms with Gasteiger partial charge in [0.05, 0.1) is 16.9 Å². The van der Waals surface area contributed by atoms with Crippen LogP contribution in [0.3, 0.4) is 0 Å². The molecular weight excluding hydrogens is 223 g/mol. The van der Waals surface area contributed by atoms with Gasteiger partial charge in [-0.3, -0.25) is 0 Å². The van der Waals surface area contributed by atoms with E-state index in [1.54, 1.807) is 24.4 Å². The lowest BCUT2D eigenvalue weighted by atomic mass is 10.3. The van der Waals surface area contributed by atoms with Crippen molar-refractivity contribution in [1.82, 2.24) is 15.0 Å². The molecular formula is C8H6Cl2N4. The Kier molecular flexibility index (Phi) is 2.31. The third-order valence-electron chi connectivity index (χ3n) is 1.67. The van der Waals surface area contributed by atoms with Gasteiger partial charge in [0.1, 0.15) is 0 Å². The number of nitrogens with zero attached hydrogens (tertiary/aromatic N) is 3. The zero-order valence-electron chi connectivity index (χ0n) is 6.98. The number of benzene rings is 1. The Labute approximate surface area is 90.2 Å². The fourth-order valence-electron chi connectivity index (χ4n) is 1.06. The molecule has 1 heterocycles. The molecule has 0 unspecified atom stereocenters. The Morgan fingerprint density at radius 3 is 2.64 bits per heavy atom. The second-order valence-corrected chi connectivity index (χ2v) is 3.53. The van der Waals surface area contributed by atoms with Crippen LogP contribution in [0.15, 0.2) is 24.4 Å². The Morgan fingerprint density at radius 1 is 1.29 bits per heavy atom. The third-order valence-corrected chi connectivity index (χ3v) is 2.21. The summed E-state index contributed by atoms with van der Waals surface area (Å²) in [7, 11) is 0. The van der Waals surface area contributed by atoms with Crippen LogP contribution in [0.25, 0.3) is 5.69 Å². The van der Waals surface area contributed by atoms with Crippen molar-refractivity contribution in [2.75, 3.05) is 5.73 Å². The van der Waals surface area contributed by atoms with Crippen LogP contribution in [-0.4, -0.2) is 15.0 Å². The summed E-state index contributed by atoms with van der Waals surface area (Å²) in [5.41, 5.74) is 6.13. The fourth-order valence-corrected chi connectivity index (χ4v) is 1.56. The van der Waals surface area contributed by atoms with Crippen LogP contribution in [-0.2, 0) is 0 Å². The highest BCUT2D eigenvalue weighted by Crippen LogP contribution is 2.23. The van der Waals surface area contributed by atoms with Crippen molar-refractivity contribution in [3.8, 4) is 5.69 Å². The Morgan fingerprint density at radius 2 is 2.07 bits per heavy atom. The number of hydrogen-bond donors (Lipinski definition) is 1. The topological polar surface area (TPSA) is 56.7 Å². The minimum atomic E-state index is 0.344. The highest BCUT2D eigenvalue weighted by atomic mass is 35.5. The molecule has 2 rings (SSSR count). The molecule has 0 spiro atoms. The van der Waals surface area contributed by atoms with Crippen molar-refractivity contribution in [2.45, 2.75) is 0 Å². The van der Waals surface area contributed by atoms with Crippen LogP contribution in [0.4, 0.5) is 5.82 Å². The molecule has 0 aliphatic heterocycles. The maximum atomic E-state index is 5.96. The monoisotopic (exact) mass is 228 g/mol. The molecule has 1 aromatic heterocycles. The van der Waals surface area contributed by atoms with Gasteiger partial charge in [-0.25, -0.2) is 4.68 Å². The van der Waals surface area contributed by atoms with Gasteiger partial charge >= 0.3 is 0 Å². The Balaban J connectivity index is 2.52. The molecule has 0 bridgehead atoms. The van der Waals surface area contributed by atoms with Crippen LogP contribution >= 0.6 is 23.2 Å². The minimum absolute atomic E-state index is 0.344. The highest BCUT2D eigenvalue weighted by Gasteiger charge is 2.05. The van der Waals surface area contributed by atoms with E-state index in [0.717, 1.165) is 0 Å². The van der Waals surface area contributed by atoms with Crippen LogP contribution in [0.1, 0.15) is 0 Å². The molecule has 4 nitrogen and oxygen atoms in total. The predicted octanol–water partition coefficient (Wildman–Crippen LogP) is 2.16. The molecule has 72 valence electrons. The van der Waals surface area contributed by atoms with E-state index in [1.807, 2.05) is 0 Å². The molecule has 2 N–H and O–H groups in total. The number of nitrogen functional groups attached to an aromatic ring is 1. The van der Waals surface area contributed by atoms with E-state index in [1.165, 1.54) is 4.68 Å². The molecule has 0 aliphatic rings. The summed E-state index contributed by atoms with van der Waals surface area (Å²) in [5.74, 6) is 0.344. The highest BCUT2D eigenvalue weighted by molar-refractivity contribution is 6.35. The van der Waals surface area contributed by atoms with Crippen molar-refractivity contribution < 1.29 is 0 Å². The quantitative estimate of drug-likeness (QED) is 0.814. The average Bonchev–Trinajstić information content (AvgIpc) is 2.51. The molecule has 2 aromatic rings. The van der Waals surface area contributed by atoms with Crippen LogP contribution in [0, 0.1) is 0 Å². The zero-order valence-corrected chi connectivity index (χ0v) is 8.50. The first-order chi connectivity index (χ1) is 6.66. The number of hydrogen-bond acceptors (Lipinski definition) is 3. The summed E-state index contributed by atoms with van der Waals surface area (Å²) in [4.78, 5) is 0. The maximum absolute atomic E-state index is 5.96. The van der Waals surface area contributed by atoms with Crippen LogP contribution in [0.5, 0.6) is 0 Å². The van der Waals surface area contributed by atoms with Crippen molar-refractivity contribution in [3.63, 3.8) is 0 Å². The van der Waals surface area contributed by atoms with Crippen molar-refractivity contribution in [2.24, 2.45) is 0 Å². The van der Waals surface area contributed by atoms with Gasteiger partial charge in [0.15, 0.2) is 5.82 Å². The van der Waals surface area contributed by atoms with E-state index >= 15 is 0 Å². The van der Waals surface area contributed by atoms with Gasteiger partial charge in [-0.15, -0.1) is 5.10 Å². The fraction of sp³-hybridized carbons (Fsp3) is 0. The van der Waals surface area contributed by atoms with E-state index in [0.29, 0.717) is 21.6 Å². The van der Waals surface area contributed by atoms with Gasteiger partial charge in [-0.1, -0.05) is 28.4 Å². The van der Waals surface area contributed by atoms with Crippen LogP contribution < -0.4 is 5.73 Å².